The minimum Gasteiger partial charge on any atom is -0.481 e. The van der Waals surface area contributed by atoms with E-state index >= 15 is 0 Å². The molecule has 0 aromatic carbocycles. The summed E-state index contributed by atoms with van der Waals surface area (Å²) in [4.78, 5) is 66.5. The van der Waals surface area contributed by atoms with Crippen LogP contribution in [0.1, 0.15) is 37.8 Å². The second kappa shape index (κ2) is 15.4. The summed E-state index contributed by atoms with van der Waals surface area (Å²) in [5.41, 5.74) is 11.6. The summed E-state index contributed by atoms with van der Waals surface area (Å²) < 4.78 is 0. The topological polar surface area (TPSA) is 263 Å². The number of carbonyl (C=O) groups excluding carboxylic acids is 3. The minimum atomic E-state index is -1.50. The fourth-order valence-electron chi connectivity index (χ4n) is 3.00. The number of imidazole rings is 1. The fraction of sp³-hybridized carbons (Fsp3) is 0.600. The summed E-state index contributed by atoms with van der Waals surface area (Å²) >= 11 is 0. The van der Waals surface area contributed by atoms with Crippen molar-refractivity contribution in [1.29, 1.82) is 0 Å². The summed E-state index contributed by atoms with van der Waals surface area (Å²) in [7, 11) is 0. The Bertz CT molecular complexity index is 849. The fourth-order valence-corrected chi connectivity index (χ4v) is 3.00. The van der Waals surface area contributed by atoms with Crippen molar-refractivity contribution in [2.45, 2.75) is 62.7 Å². The molecule has 4 unspecified atom stereocenters. The van der Waals surface area contributed by atoms with Crippen molar-refractivity contribution in [3.05, 3.63) is 18.2 Å². The maximum absolute atomic E-state index is 12.9. The lowest BCUT2D eigenvalue weighted by Crippen LogP contribution is -2.58. The van der Waals surface area contributed by atoms with Gasteiger partial charge in [0.25, 0.3) is 0 Å². The van der Waals surface area contributed by atoms with Crippen LogP contribution < -0.4 is 27.4 Å². The molecule has 35 heavy (non-hydrogen) atoms. The first kappa shape index (κ1) is 29.5. The van der Waals surface area contributed by atoms with E-state index in [4.69, 9.17) is 16.6 Å². The van der Waals surface area contributed by atoms with E-state index in [1.54, 1.807) is 0 Å². The SMILES string of the molecule is NCCCCC(NC(=O)C(CO)NC(=O)C(Cc1cnc[nH]1)NC(=O)C(N)CCC(=O)O)C(=O)O. The number of carboxylic acids is 2. The Labute approximate surface area is 201 Å². The lowest BCUT2D eigenvalue weighted by Gasteiger charge is -2.24. The highest BCUT2D eigenvalue weighted by Gasteiger charge is 2.30. The van der Waals surface area contributed by atoms with E-state index in [0.29, 0.717) is 25.1 Å². The number of nitrogens with one attached hydrogen (secondary N) is 4. The van der Waals surface area contributed by atoms with Gasteiger partial charge in [-0.25, -0.2) is 9.78 Å². The molecule has 15 heteroatoms. The second-order valence-electron chi connectivity index (χ2n) is 7.81. The molecule has 3 amide bonds. The standard InChI is InChI=1S/C20H33N7O8/c21-6-2-1-3-13(20(34)35)25-19(33)15(9-28)27-18(32)14(7-11-8-23-10-24-11)26-17(31)12(22)4-5-16(29)30/h8,10,12-15,28H,1-7,9,21-22H2,(H,23,24)(H,25,33)(H,26,31)(H,27,32)(H,29,30)(H,34,35). The number of nitrogens with two attached hydrogens (primary N) is 2. The number of hydrogen-bond acceptors (Lipinski definition) is 9. The van der Waals surface area contributed by atoms with Crippen LogP contribution in [0, 0.1) is 0 Å². The van der Waals surface area contributed by atoms with Crippen molar-refractivity contribution < 1.29 is 39.3 Å². The van der Waals surface area contributed by atoms with Crippen LogP contribution in [0.2, 0.25) is 0 Å². The third kappa shape index (κ3) is 10.9. The quantitative estimate of drug-likeness (QED) is 0.0963. The molecular weight excluding hydrogens is 466 g/mol. The van der Waals surface area contributed by atoms with E-state index < -0.39 is 60.4 Å². The van der Waals surface area contributed by atoms with Gasteiger partial charge >= 0.3 is 11.9 Å². The van der Waals surface area contributed by atoms with Crippen LogP contribution in [-0.4, -0.2) is 92.3 Å². The molecule has 1 heterocycles. The zero-order valence-corrected chi connectivity index (χ0v) is 19.1. The number of H-pyrrole nitrogens is 1. The Morgan fingerprint density at radius 2 is 1.57 bits per heavy atom. The molecule has 15 nitrogen and oxygen atoms in total. The predicted octanol–water partition coefficient (Wildman–Crippen LogP) is -3.20. The molecule has 0 fully saturated rings. The van der Waals surface area contributed by atoms with Crippen LogP contribution in [-0.2, 0) is 30.4 Å². The van der Waals surface area contributed by atoms with Crippen molar-refractivity contribution >= 4 is 29.7 Å². The lowest BCUT2D eigenvalue weighted by atomic mass is 10.1. The lowest BCUT2D eigenvalue weighted by molar-refractivity contribution is -0.143. The van der Waals surface area contributed by atoms with Gasteiger partial charge in [0, 0.05) is 24.7 Å². The molecule has 11 N–H and O–H groups in total. The first-order valence-corrected chi connectivity index (χ1v) is 11.0. The van der Waals surface area contributed by atoms with Gasteiger partial charge < -0.3 is 47.7 Å². The van der Waals surface area contributed by atoms with Crippen molar-refractivity contribution in [3.63, 3.8) is 0 Å². The monoisotopic (exact) mass is 499 g/mol. The van der Waals surface area contributed by atoms with Crippen molar-refractivity contribution in [2.75, 3.05) is 13.2 Å². The first-order chi connectivity index (χ1) is 16.6. The molecule has 1 aromatic rings. The summed E-state index contributed by atoms with van der Waals surface area (Å²) in [5.74, 6) is -4.99. The van der Waals surface area contributed by atoms with E-state index in [2.05, 4.69) is 25.9 Å². The van der Waals surface area contributed by atoms with E-state index in [-0.39, 0.29) is 25.7 Å². The maximum Gasteiger partial charge on any atom is 0.326 e. The van der Waals surface area contributed by atoms with E-state index in [1.165, 1.54) is 12.5 Å². The van der Waals surface area contributed by atoms with E-state index in [0.717, 1.165) is 0 Å². The molecule has 1 rings (SSSR count). The number of aromatic nitrogens is 2. The van der Waals surface area contributed by atoms with Gasteiger partial charge in [0.1, 0.15) is 18.1 Å². The number of unbranched alkanes of at least 4 members (excludes halogenated alkanes) is 1. The Hall–Kier alpha value is -3.56. The minimum absolute atomic E-state index is 0.0835. The zero-order chi connectivity index (χ0) is 26.4. The Morgan fingerprint density at radius 3 is 2.11 bits per heavy atom. The maximum atomic E-state index is 12.9. The summed E-state index contributed by atoms with van der Waals surface area (Å²) in [6, 6.07) is -5.21. The highest BCUT2D eigenvalue weighted by Crippen LogP contribution is 2.04. The number of aliphatic carboxylic acids is 2. The normalized spacial score (nSPS) is 14.3. The number of nitrogens with zero attached hydrogens (tertiary/aromatic N) is 1. The molecule has 196 valence electrons. The smallest absolute Gasteiger partial charge is 0.326 e. The van der Waals surface area contributed by atoms with E-state index in [1.807, 2.05) is 0 Å². The van der Waals surface area contributed by atoms with Gasteiger partial charge in [-0.3, -0.25) is 19.2 Å². The third-order valence-electron chi connectivity index (χ3n) is 4.99. The molecule has 1 aromatic heterocycles. The summed E-state index contributed by atoms with van der Waals surface area (Å²) in [6.07, 6.45) is 3.28. The zero-order valence-electron chi connectivity index (χ0n) is 19.1. The van der Waals surface area contributed by atoms with E-state index in [9.17, 15) is 34.2 Å². The van der Waals surface area contributed by atoms with Gasteiger partial charge in [-0.1, -0.05) is 0 Å². The second-order valence-corrected chi connectivity index (χ2v) is 7.81. The molecule has 0 spiro atoms. The number of carbonyl (C=O) groups is 5. The molecular formula is C20H33N7O8. The van der Waals surface area contributed by atoms with Crippen LogP contribution in [0.15, 0.2) is 12.5 Å². The first-order valence-electron chi connectivity index (χ1n) is 11.0. The highest BCUT2D eigenvalue weighted by atomic mass is 16.4. The number of amides is 3. The van der Waals surface area contributed by atoms with Crippen LogP contribution in [0.3, 0.4) is 0 Å². The molecule has 0 radical (unpaired) electrons. The van der Waals surface area contributed by atoms with Crippen LogP contribution >= 0.6 is 0 Å². The number of aromatic amines is 1. The number of aliphatic hydroxyl groups excluding tert-OH is 1. The Kier molecular flexibility index (Phi) is 12.9. The van der Waals surface area contributed by atoms with Gasteiger partial charge in [-0.15, -0.1) is 0 Å². The number of hydrogen-bond donors (Lipinski definition) is 9. The van der Waals surface area contributed by atoms with Crippen molar-refractivity contribution in [3.8, 4) is 0 Å². The van der Waals surface area contributed by atoms with Gasteiger partial charge in [-0.2, -0.15) is 0 Å². The van der Waals surface area contributed by atoms with Crippen LogP contribution in [0.5, 0.6) is 0 Å². The average molecular weight is 500 g/mol. The predicted molar refractivity (Wildman–Crippen MR) is 121 cm³/mol. The molecule has 0 aliphatic carbocycles. The van der Waals surface area contributed by atoms with Gasteiger partial charge in [0.05, 0.1) is 19.0 Å². The van der Waals surface area contributed by atoms with Crippen LogP contribution in [0.4, 0.5) is 0 Å². The average Bonchev–Trinajstić information content (AvgIpc) is 3.32. The van der Waals surface area contributed by atoms with Crippen molar-refractivity contribution in [1.82, 2.24) is 25.9 Å². The van der Waals surface area contributed by atoms with Gasteiger partial charge in [0.2, 0.25) is 17.7 Å². The molecule has 0 saturated heterocycles. The van der Waals surface area contributed by atoms with Crippen molar-refractivity contribution in [2.24, 2.45) is 11.5 Å². The molecule has 4 atom stereocenters. The molecule has 0 bridgehead atoms. The summed E-state index contributed by atoms with van der Waals surface area (Å²) in [6.45, 7) is -0.478. The molecule has 0 aliphatic heterocycles. The van der Waals surface area contributed by atoms with Gasteiger partial charge in [0.15, 0.2) is 0 Å². The third-order valence-corrected chi connectivity index (χ3v) is 4.99. The number of rotatable bonds is 17. The number of aliphatic hydroxyl groups is 1. The van der Waals surface area contributed by atoms with Crippen LogP contribution in [0.25, 0.3) is 0 Å². The Balaban J connectivity index is 2.88. The molecule has 0 saturated carbocycles. The highest BCUT2D eigenvalue weighted by molar-refractivity contribution is 5.94. The summed E-state index contributed by atoms with van der Waals surface area (Å²) in [5, 5.41) is 34.7. The number of carboxylic acid groups (broad SMARTS) is 2. The largest absolute Gasteiger partial charge is 0.481 e. The van der Waals surface area contributed by atoms with Gasteiger partial charge in [-0.05, 0) is 32.2 Å². The molecule has 0 aliphatic rings. The Morgan fingerprint density at radius 1 is 0.943 bits per heavy atom.